The van der Waals surface area contributed by atoms with Crippen LogP contribution >= 0.6 is 0 Å². The minimum atomic E-state index is -1.40. The van der Waals surface area contributed by atoms with Crippen molar-refractivity contribution in [2.75, 3.05) is 5.75 Å². The van der Waals surface area contributed by atoms with Crippen LogP contribution in [-0.2, 0) is 16.6 Å². The average molecular weight is 342 g/mol. The third kappa shape index (κ3) is 3.60. The number of furan rings is 1. The van der Waals surface area contributed by atoms with Gasteiger partial charge in [-0.25, -0.2) is 4.79 Å². The van der Waals surface area contributed by atoms with Crippen molar-refractivity contribution in [3.8, 4) is 0 Å². The van der Waals surface area contributed by atoms with E-state index in [4.69, 9.17) is 9.52 Å². The highest BCUT2D eigenvalue weighted by Gasteiger charge is 2.16. The molecule has 0 spiro atoms. The van der Waals surface area contributed by atoms with Gasteiger partial charge in [-0.15, -0.1) is 0 Å². The Bertz CT molecular complexity index is 891. The molecule has 1 unspecified atom stereocenters. The molecule has 0 bridgehead atoms. The van der Waals surface area contributed by atoms with Crippen molar-refractivity contribution in [3.05, 3.63) is 71.5 Å². The fraction of sp³-hybridized carbons (Fsp3) is 0.111. The Hall–Kier alpha value is -2.73. The molecule has 1 N–H and O–H groups in total. The zero-order valence-corrected chi connectivity index (χ0v) is 13.4. The third-order valence-corrected chi connectivity index (χ3v) is 4.76. The summed E-state index contributed by atoms with van der Waals surface area (Å²) in [5, 5.41) is 9.68. The van der Waals surface area contributed by atoms with E-state index in [1.807, 2.05) is 18.2 Å². The van der Waals surface area contributed by atoms with Crippen LogP contribution in [0.1, 0.15) is 26.5 Å². The van der Waals surface area contributed by atoms with E-state index in [0.29, 0.717) is 5.58 Å². The molecule has 1 aromatic heterocycles. The SMILES string of the molecule is O=C(O)c1ccc(CS(=O)CC(=O)c2cc3ccccc3o2)cc1. The number of carbonyl (C=O) groups excluding carboxylic acids is 1. The van der Waals surface area contributed by atoms with Gasteiger partial charge in [0.25, 0.3) is 0 Å². The number of fused-ring (bicyclic) bond motifs is 1. The summed E-state index contributed by atoms with van der Waals surface area (Å²) in [6, 6.07) is 15.1. The van der Waals surface area contributed by atoms with E-state index >= 15 is 0 Å². The number of aromatic carboxylic acids is 1. The summed E-state index contributed by atoms with van der Waals surface area (Å²) in [7, 11) is -1.40. The second-order valence-corrected chi connectivity index (χ2v) is 6.76. The first-order chi connectivity index (χ1) is 11.5. The normalized spacial score (nSPS) is 12.2. The second-order valence-electron chi connectivity index (χ2n) is 5.30. The Morgan fingerprint density at radius 1 is 1.04 bits per heavy atom. The fourth-order valence-electron chi connectivity index (χ4n) is 2.32. The van der Waals surface area contributed by atoms with Gasteiger partial charge < -0.3 is 9.52 Å². The third-order valence-electron chi connectivity index (χ3n) is 3.52. The fourth-order valence-corrected chi connectivity index (χ4v) is 3.42. The molecule has 3 rings (SSSR count). The van der Waals surface area contributed by atoms with Crippen LogP contribution in [0.3, 0.4) is 0 Å². The van der Waals surface area contributed by atoms with E-state index in [1.54, 1.807) is 24.3 Å². The van der Waals surface area contributed by atoms with Crippen molar-refractivity contribution in [1.82, 2.24) is 0 Å². The quantitative estimate of drug-likeness (QED) is 0.695. The number of Topliss-reactive ketones (excluding diaryl/α,β-unsaturated/α-hetero) is 1. The number of hydrogen-bond donors (Lipinski definition) is 1. The summed E-state index contributed by atoms with van der Waals surface area (Å²) in [5.41, 5.74) is 1.51. The maximum atomic E-state index is 12.2. The number of carboxylic acid groups (broad SMARTS) is 1. The number of ketones is 1. The van der Waals surface area contributed by atoms with Crippen LogP contribution in [0.4, 0.5) is 0 Å². The summed E-state index contributed by atoms with van der Waals surface area (Å²) in [6.07, 6.45) is 0. The molecular weight excluding hydrogens is 328 g/mol. The number of carbonyl (C=O) groups is 2. The predicted molar refractivity (Wildman–Crippen MR) is 90.7 cm³/mol. The van der Waals surface area contributed by atoms with Crippen LogP contribution in [0.25, 0.3) is 11.0 Å². The van der Waals surface area contributed by atoms with Gasteiger partial charge in [0.15, 0.2) is 5.76 Å². The van der Waals surface area contributed by atoms with Crippen molar-refractivity contribution in [2.45, 2.75) is 5.75 Å². The molecule has 2 aromatic carbocycles. The largest absolute Gasteiger partial charge is 0.478 e. The van der Waals surface area contributed by atoms with E-state index in [0.717, 1.165) is 10.9 Å². The van der Waals surface area contributed by atoms with Crippen LogP contribution in [0.2, 0.25) is 0 Å². The first-order valence-electron chi connectivity index (χ1n) is 7.22. The molecular formula is C18H14O5S. The average Bonchev–Trinajstić information content (AvgIpc) is 2.99. The van der Waals surface area contributed by atoms with E-state index in [2.05, 4.69) is 0 Å². The molecule has 5 nitrogen and oxygen atoms in total. The minimum Gasteiger partial charge on any atom is -0.478 e. The molecule has 0 radical (unpaired) electrons. The molecule has 3 aromatic rings. The molecule has 0 aliphatic rings. The standard InChI is InChI=1S/C18H14O5S/c19-15(17-9-14-3-1-2-4-16(14)23-17)11-24(22)10-12-5-7-13(8-6-12)18(20)21/h1-9H,10-11H2,(H,20,21). The predicted octanol–water partition coefficient (Wildman–Crippen LogP) is 3.26. The summed E-state index contributed by atoms with van der Waals surface area (Å²) in [5.74, 6) is -1.08. The van der Waals surface area contributed by atoms with Crippen LogP contribution in [0.5, 0.6) is 0 Å². The van der Waals surface area contributed by atoms with E-state index < -0.39 is 16.8 Å². The lowest BCUT2D eigenvalue weighted by Gasteiger charge is -2.02. The number of rotatable bonds is 6. The van der Waals surface area contributed by atoms with Crippen molar-refractivity contribution in [2.24, 2.45) is 0 Å². The maximum absolute atomic E-state index is 12.2. The maximum Gasteiger partial charge on any atom is 0.335 e. The Balaban J connectivity index is 1.65. The lowest BCUT2D eigenvalue weighted by atomic mass is 10.1. The Morgan fingerprint density at radius 2 is 1.75 bits per heavy atom. The van der Waals surface area contributed by atoms with Gasteiger partial charge in [0.1, 0.15) is 5.58 Å². The highest BCUT2D eigenvalue weighted by molar-refractivity contribution is 7.85. The molecule has 0 fully saturated rings. The summed E-state index contributed by atoms with van der Waals surface area (Å²) in [6.45, 7) is 0. The first-order valence-corrected chi connectivity index (χ1v) is 8.71. The monoisotopic (exact) mass is 342 g/mol. The zero-order valence-electron chi connectivity index (χ0n) is 12.6. The Labute approximate surface area is 140 Å². The molecule has 6 heteroatoms. The van der Waals surface area contributed by atoms with E-state index in [1.165, 1.54) is 12.1 Å². The second kappa shape index (κ2) is 6.80. The minimum absolute atomic E-state index is 0.138. The van der Waals surface area contributed by atoms with Gasteiger partial charge in [0.2, 0.25) is 5.78 Å². The number of hydrogen-bond acceptors (Lipinski definition) is 4. The molecule has 0 aliphatic heterocycles. The molecule has 0 saturated heterocycles. The highest BCUT2D eigenvalue weighted by atomic mass is 32.2. The zero-order chi connectivity index (χ0) is 17.1. The van der Waals surface area contributed by atoms with Gasteiger partial charge in [-0.2, -0.15) is 0 Å². The molecule has 1 heterocycles. The van der Waals surface area contributed by atoms with Crippen molar-refractivity contribution < 1.29 is 23.3 Å². The summed E-state index contributed by atoms with van der Waals surface area (Å²) in [4.78, 5) is 23.0. The van der Waals surface area contributed by atoms with Gasteiger partial charge >= 0.3 is 5.97 Å². The molecule has 0 saturated carbocycles. The number of carboxylic acids is 1. The molecule has 24 heavy (non-hydrogen) atoms. The summed E-state index contributed by atoms with van der Waals surface area (Å²) >= 11 is 0. The van der Waals surface area contributed by atoms with Gasteiger partial charge in [-0.3, -0.25) is 9.00 Å². The van der Waals surface area contributed by atoms with Crippen molar-refractivity contribution in [3.63, 3.8) is 0 Å². The Kier molecular flexibility index (Phi) is 4.57. The highest BCUT2D eigenvalue weighted by Crippen LogP contribution is 2.19. The van der Waals surface area contributed by atoms with E-state index in [9.17, 15) is 13.8 Å². The first kappa shape index (κ1) is 16.1. The topological polar surface area (TPSA) is 84.6 Å². The number of para-hydroxylation sites is 1. The molecule has 0 amide bonds. The van der Waals surface area contributed by atoms with Crippen molar-refractivity contribution in [1.29, 1.82) is 0 Å². The van der Waals surface area contributed by atoms with Gasteiger partial charge in [0.05, 0.1) is 11.3 Å². The summed E-state index contributed by atoms with van der Waals surface area (Å²) < 4.78 is 17.6. The lowest BCUT2D eigenvalue weighted by Crippen LogP contribution is -2.11. The van der Waals surface area contributed by atoms with Crippen LogP contribution < -0.4 is 0 Å². The van der Waals surface area contributed by atoms with Crippen LogP contribution in [0, 0.1) is 0 Å². The van der Waals surface area contributed by atoms with Crippen molar-refractivity contribution >= 4 is 33.5 Å². The van der Waals surface area contributed by atoms with Crippen LogP contribution in [0.15, 0.2) is 59.0 Å². The van der Waals surface area contributed by atoms with Gasteiger partial charge in [-0.1, -0.05) is 30.3 Å². The molecule has 1 atom stereocenters. The molecule has 122 valence electrons. The van der Waals surface area contributed by atoms with Gasteiger partial charge in [-0.05, 0) is 29.8 Å². The lowest BCUT2D eigenvalue weighted by molar-refractivity contribution is 0.0696. The molecule has 0 aliphatic carbocycles. The van der Waals surface area contributed by atoms with Gasteiger partial charge in [0, 0.05) is 21.9 Å². The number of benzene rings is 2. The van der Waals surface area contributed by atoms with Crippen LogP contribution in [-0.4, -0.2) is 26.8 Å². The smallest absolute Gasteiger partial charge is 0.335 e. The van der Waals surface area contributed by atoms with E-state index in [-0.39, 0.29) is 28.6 Å². The Morgan fingerprint density at radius 3 is 2.42 bits per heavy atom.